The molecule has 0 radical (unpaired) electrons. The van der Waals surface area contributed by atoms with E-state index in [0.29, 0.717) is 12.2 Å². The topological polar surface area (TPSA) is 70.4 Å². The lowest BCUT2D eigenvalue weighted by molar-refractivity contribution is 0.372. The number of nitrogens with zero attached hydrogens (tertiary/aromatic N) is 1. The molecule has 1 heterocycles. The van der Waals surface area contributed by atoms with Crippen molar-refractivity contribution in [2.24, 2.45) is 0 Å². The number of para-hydroxylation sites is 1. The van der Waals surface area contributed by atoms with Crippen LogP contribution in [0.1, 0.15) is 6.42 Å². The van der Waals surface area contributed by atoms with Crippen LogP contribution >= 0.6 is 30.7 Å². The van der Waals surface area contributed by atoms with Crippen LogP contribution in [0.4, 0.5) is 0 Å². The van der Waals surface area contributed by atoms with E-state index in [0.717, 1.165) is 14.6 Å². The molecule has 92 valence electrons. The highest BCUT2D eigenvalue weighted by atomic mass is 32.2. The molecule has 0 saturated heterocycles. The smallest absolute Gasteiger partial charge is 0.324 e. The summed E-state index contributed by atoms with van der Waals surface area (Å²) in [6.07, 6.45) is 0.454. The molecule has 0 saturated carbocycles. The first kappa shape index (κ1) is 13.1. The molecular formula is C10H12NO3PS2. The summed E-state index contributed by atoms with van der Waals surface area (Å²) in [6.45, 7) is 0. The van der Waals surface area contributed by atoms with Gasteiger partial charge in [0.05, 0.1) is 16.4 Å². The van der Waals surface area contributed by atoms with Crippen LogP contribution in [-0.4, -0.2) is 26.7 Å². The average molecular weight is 289 g/mol. The molecule has 7 heteroatoms. The summed E-state index contributed by atoms with van der Waals surface area (Å²) < 4.78 is 12.8. The molecule has 2 aromatic rings. The molecule has 2 rings (SSSR count). The summed E-state index contributed by atoms with van der Waals surface area (Å²) >= 11 is 3.16. The lowest BCUT2D eigenvalue weighted by atomic mass is 10.3. The number of benzene rings is 1. The van der Waals surface area contributed by atoms with Crippen molar-refractivity contribution in [2.45, 2.75) is 10.8 Å². The van der Waals surface area contributed by atoms with Gasteiger partial charge in [0.2, 0.25) is 0 Å². The fourth-order valence-corrected chi connectivity index (χ4v) is 4.21. The Labute approximate surface area is 107 Å². The Bertz CT molecular complexity index is 518. The minimum atomic E-state index is -3.85. The van der Waals surface area contributed by atoms with E-state index in [1.807, 2.05) is 24.3 Å². The van der Waals surface area contributed by atoms with Gasteiger partial charge >= 0.3 is 7.60 Å². The van der Waals surface area contributed by atoms with E-state index in [4.69, 9.17) is 9.79 Å². The van der Waals surface area contributed by atoms with Crippen LogP contribution in [0.15, 0.2) is 28.6 Å². The Morgan fingerprint density at radius 2 is 2.12 bits per heavy atom. The van der Waals surface area contributed by atoms with Gasteiger partial charge in [-0.1, -0.05) is 23.9 Å². The standard InChI is InChI=1S/C10H12NO3PS2/c12-15(13,14)6-3-7-16-10-11-8-4-1-2-5-9(8)17-10/h1-2,4-5H,3,6-7H2,(H2,12,13,14). The molecule has 0 atom stereocenters. The molecule has 0 bridgehead atoms. The molecule has 0 unspecified atom stereocenters. The Kier molecular flexibility index (Phi) is 4.22. The van der Waals surface area contributed by atoms with Crippen molar-refractivity contribution in [3.63, 3.8) is 0 Å². The first-order valence-electron chi connectivity index (χ1n) is 5.07. The highest BCUT2D eigenvalue weighted by molar-refractivity contribution is 8.01. The monoisotopic (exact) mass is 289 g/mol. The minimum absolute atomic E-state index is 0.0507. The van der Waals surface area contributed by atoms with Gasteiger partial charge in [-0.25, -0.2) is 4.98 Å². The number of hydrogen-bond acceptors (Lipinski definition) is 4. The SMILES string of the molecule is O=P(O)(O)CCCSc1nc2ccccc2s1. The van der Waals surface area contributed by atoms with Gasteiger partial charge < -0.3 is 9.79 Å². The summed E-state index contributed by atoms with van der Waals surface area (Å²) in [5.41, 5.74) is 0.981. The van der Waals surface area contributed by atoms with Crippen LogP contribution in [-0.2, 0) is 4.57 Å². The van der Waals surface area contributed by atoms with Crippen molar-refractivity contribution in [1.82, 2.24) is 4.98 Å². The normalized spacial score (nSPS) is 12.1. The zero-order valence-electron chi connectivity index (χ0n) is 8.94. The van der Waals surface area contributed by atoms with Gasteiger partial charge in [0.25, 0.3) is 0 Å². The number of thioether (sulfide) groups is 1. The number of fused-ring (bicyclic) bond motifs is 1. The molecule has 0 amide bonds. The molecule has 1 aromatic carbocycles. The molecule has 0 aliphatic rings. The van der Waals surface area contributed by atoms with Gasteiger partial charge in [-0.15, -0.1) is 11.3 Å². The maximum Gasteiger partial charge on any atom is 0.325 e. The van der Waals surface area contributed by atoms with Gasteiger partial charge in [-0.3, -0.25) is 4.57 Å². The largest absolute Gasteiger partial charge is 0.325 e. The summed E-state index contributed by atoms with van der Waals surface area (Å²) in [5.74, 6) is 0.685. The number of aromatic nitrogens is 1. The van der Waals surface area contributed by atoms with Crippen molar-refractivity contribution >= 4 is 40.9 Å². The summed E-state index contributed by atoms with van der Waals surface area (Å²) in [4.78, 5) is 21.9. The lowest BCUT2D eigenvalue weighted by Crippen LogP contribution is -1.89. The number of hydrogen-bond donors (Lipinski definition) is 2. The van der Waals surface area contributed by atoms with E-state index >= 15 is 0 Å². The van der Waals surface area contributed by atoms with Crippen molar-refractivity contribution in [3.05, 3.63) is 24.3 Å². The summed E-state index contributed by atoms with van der Waals surface area (Å²) in [7, 11) is -3.85. The van der Waals surface area contributed by atoms with E-state index < -0.39 is 7.60 Å². The molecule has 0 spiro atoms. The van der Waals surface area contributed by atoms with Crippen LogP contribution in [0.2, 0.25) is 0 Å². The molecule has 2 N–H and O–H groups in total. The third kappa shape index (κ3) is 4.08. The van der Waals surface area contributed by atoms with Crippen LogP contribution in [0, 0.1) is 0 Å². The van der Waals surface area contributed by atoms with Crippen molar-refractivity contribution in [2.75, 3.05) is 11.9 Å². The molecule has 0 aliphatic heterocycles. The number of rotatable bonds is 5. The fraction of sp³-hybridized carbons (Fsp3) is 0.300. The highest BCUT2D eigenvalue weighted by Crippen LogP contribution is 2.36. The quantitative estimate of drug-likeness (QED) is 0.503. The maximum atomic E-state index is 10.7. The first-order chi connectivity index (χ1) is 8.04. The van der Waals surface area contributed by atoms with E-state index in [-0.39, 0.29) is 6.16 Å². The Balaban J connectivity index is 1.89. The molecule has 0 fully saturated rings. The van der Waals surface area contributed by atoms with E-state index in [1.165, 1.54) is 0 Å². The average Bonchev–Trinajstić information content (AvgIpc) is 2.65. The van der Waals surface area contributed by atoms with Crippen LogP contribution in [0.5, 0.6) is 0 Å². The molecule has 17 heavy (non-hydrogen) atoms. The molecule has 4 nitrogen and oxygen atoms in total. The summed E-state index contributed by atoms with van der Waals surface area (Å²) in [6, 6.07) is 7.91. The van der Waals surface area contributed by atoms with Crippen molar-refractivity contribution in [1.29, 1.82) is 0 Å². The van der Waals surface area contributed by atoms with E-state index in [9.17, 15) is 4.57 Å². The second kappa shape index (κ2) is 5.50. The molecule has 0 aliphatic carbocycles. The highest BCUT2D eigenvalue weighted by Gasteiger charge is 2.12. The zero-order chi connectivity index (χ0) is 12.3. The minimum Gasteiger partial charge on any atom is -0.324 e. The third-order valence-electron chi connectivity index (χ3n) is 2.09. The Hall–Kier alpha value is -0.390. The van der Waals surface area contributed by atoms with Crippen molar-refractivity contribution in [3.8, 4) is 0 Å². The zero-order valence-corrected chi connectivity index (χ0v) is 11.5. The van der Waals surface area contributed by atoms with E-state index in [2.05, 4.69) is 4.98 Å². The third-order valence-corrected chi connectivity index (χ3v) is 5.26. The van der Waals surface area contributed by atoms with Crippen molar-refractivity contribution < 1.29 is 14.4 Å². The molecular weight excluding hydrogens is 277 g/mol. The Morgan fingerprint density at radius 1 is 1.35 bits per heavy atom. The van der Waals surface area contributed by atoms with Crippen LogP contribution in [0.3, 0.4) is 0 Å². The van der Waals surface area contributed by atoms with Gasteiger partial charge in [0.1, 0.15) is 0 Å². The first-order valence-corrected chi connectivity index (χ1v) is 8.67. The Morgan fingerprint density at radius 3 is 2.82 bits per heavy atom. The maximum absolute atomic E-state index is 10.7. The van der Waals surface area contributed by atoms with Crippen LogP contribution < -0.4 is 0 Å². The lowest BCUT2D eigenvalue weighted by Gasteiger charge is -2.01. The van der Waals surface area contributed by atoms with E-state index in [1.54, 1.807) is 23.1 Å². The number of thiazole rings is 1. The second-order valence-electron chi connectivity index (χ2n) is 3.54. The fourth-order valence-electron chi connectivity index (χ4n) is 1.34. The van der Waals surface area contributed by atoms with Gasteiger partial charge in [-0.2, -0.15) is 0 Å². The van der Waals surface area contributed by atoms with Gasteiger partial charge in [0, 0.05) is 5.75 Å². The predicted octanol–water partition coefficient (Wildman–Crippen LogP) is 2.96. The second-order valence-corrected chi connectivity index (χ2v) is 7.69. The molecule has 1 aromatic heterocycles. The predicted molar refractivity (Wildman–Crippen MR) is 71.9 cm³/mol. The van der Waals surface area contributed by atoms with Crippen LogP contribution in [0.25, 0.3) is 10.2 Å². The van der Waals surface area contributed by atoms with Gasteiger partial charge in [-0.05, 0) is 18.6 Å². The summed E-state index contributed by atoms with van der Waals surface area (Å²) in [5, 5.41) is 0. The van der Waals surface area contributed by atoms with Gasteiger partial charge in [0.15, 0.2) is 4.34 Å².